The predicted octanol–water partition coefficient (Wildman–Crippen LogP) is 0.727. The average Bonchev–Trinajstić information content (AvgIpc) is 2.74. The highest BCUT2D eigenvalue weighted by molar-refractivity contribution is 5.83. The summed E-state index contributed by atoms with van der Waals surface area (Å²) >= 11 is 0. The minimum Gasteiger partial charge on any atom is -0.349 e. The second-order valence-electron chi connectivity index (χ2n) is 6.06. The van der Waals surface area contributed by atoms with E-state index < -0.39 is 0 Å². The van der Waals surface area contributed by atoms with Gasteiger partial charge in [-0.25, -0.2) is 0 Å². The molecule has 0 radical (unpaired) electrons. The number of carbonyl (C=O) groups is 1. The largest absolute Gasteiger partial charge is 0.349 e. The van der Waals surface area contributed by atoms with Gasteiger partial charge in [-0.1, -0.05) is 12.8 Å². The zero-order valence-electron chi connectivity index (χ0n) is 11.3. The summed E-state index contributed by atoms with van der Waals surface area (Å²) in [4.78, 5) is 14.6. The van der Waals surface area contributed by atoms with Gasteiger partial charge in [-0.05, 0) is 33.7 Å². The molecule has 1 aliphatic heterocycles. The van der Waals surface area contributed by atoms with Crippen molar-refractivity contribution >= 4 is 5.91 Å². The number of nitrogens with zero attached hydrogens (tertiary/aromatic N) is 1. The fourth-order valence-corrected chi connectivity index (χ4v) is 3.20. The topological polar surface area (TPSA) is 44.4 Å². The number of likely N-dealkylation sites (N-methyl/N-ethyl adjacent to an activating group) is 1. The normalized spacial score (nSPS) is 30.5. The van der Waals surface area contributed by atoms with Gasteiger partial charge in [0.25, 0.3) is 0 Å². The lowest BCUT2D eigenvalue weighted by Crippen LogP contribution is -2.68. The van der Waals surface area contributed by atoms with Crippen LogP contribution in [-0.4, -0.2) is 48.6 Å². The number of rotatable bonds is 3. The third kappa shape index (κ3) is 2.80. The summed E-state index contributed by atoms with van der Waals surface area (Å²) in [5.74, 6) is 0.183. The quantitative estimate of drug-likeness (QED) is 0.763. The lowest BCUT2D eigenvalue weighted by molar-refractivity contribution is -0.134. The molecule has 4 heteroatoms. The number of carbonyl (C=O) groups excluding carboxylic acids is 1. The van der Waals surface area contributed by atoms with Crippen molar-refractivity contribution in [2.75, 3.05) is 20.1 Å². The smallest absolute Gasteiger partial charge is 0.239 e. The van der Waals surface area contributed by atoms with Gasteiger partial charge in [0.2, 0.25) is 5.91 Å². The van der Waals surface area contributed by atoms with E-state index in [9.17, 15) is 4.79 Å². The molecule has 1 aliphatic carbocycles. The fraction of sp³-hybridized carbons (Fsp3) is 0.923. The van der Waals surface area contributed by atoms with E-state index in [-0.39, 0.29) is 17.5 Å². The van der Waals surface area contributed by atoms with Crippen LogP contribution in [0.15, 0.2) is 0 Å². The molecule has 0 spiro atoms. The molecule has 0 aromatic rings. The standard InChI is InChI=1S/C13H25N3O/c1-13(2)9-16(10-6-4-5-7-10)11(8-14-3)12(17)15-13/h10-11,14H,4-9H2,1-3H3,(H,15,17). The number of piperazine rings is 1. The zero-order chi connectivity index (χ0) is 12.5. The summed E-state index contributed by atoms with van der Waals surface area (Å²) in [5.41, 5.74) is -0.0933. The Balaban J connectivity index is 2.13. The second-order valence-corrected chi connectivity index (χ2v) is 6.06. The van der Waals surface area contributed by atoms with Crippen LogP contribution in [0.4, 0.5) is 0 Å². The second kappa shape index (κ2) is 4.94. The van der Waals surface area contributed by atoms with E-state index in [4.69, 9.17) is 0 Å². The molecule has 2 aliphatic rings. The summed E-state index contributed by atoms with van der Waals surface area (Å²) < 4.78 is 0. The highest BCUT2D eigenvalue weighted by Gasteiger charge is 2.41. The van der Waals surface area contributed by atoms with Gasteiger partial charge in [-0.15, -0.1) is 0 Å². The molecule has 17 heavy (non-hydrogen) atoms. The Morgan fingerprint density at radius 2 is 2.06 bits per heavy atom. The summed E-state index contributed by atoms with van der Waals surface area (Å²) in [6.45, 7) is 5.94. The third-order valence-corrected chi connectivity index (χ3v) is 3.93. The highest BCUT2D eigenvalue weighted by Crippen LogP contribution is 2.28. The maximum absolute atomic E-state index is 12.2. The number of hydrogen-bond acceptors (Lipinski definition) is 3. The van der Waals surface area contributed by atoms with Gasteiger partial charge in [0, 0.05) is 24.7 Å². The first-order valence-corrected chi connectivity index (χ1v) is 6.76. The first-order chi connectivity index (χ1) is 8.03. The molecule has 1 heterocycles. The van der Waals surface area contributed by atoms with E-state index in [1.54, 1.807) is 0 Å². The van der Waals surface area contributed by atoms with E-state index >= 15 is 0 Å². The molecule has 1 atom stereocenters. The van der Waals surface area contributed by atoms with E-state index in [2.05, 4.69) is 29.4 Å². The molecule has 1 unspecified atom stereocenters. The molecular weight excluding hydrogens is 214 g/mol. The lowest BCUT2D eigenvalue weighted by atomic mass is 9.95. The van der Waals surface area contributed by atoms with Crippen LogP contribution in [0.2, 0.25) is 0 Å². The monoisotopic (exact) mass is 239 g/mol. The highest BCUT2D eigenvalue weighted by atomic mass is 16.2. The molecule has 2 fully saturated rings. The molecule has 0 aromatic heterocycles. The van der Waals surface area contributed by atoms with Crippen LogP contribution in [0.25, 0.3) is 0 Å². The first kappa shape index (κ1) is 12.8. The van der Waals surface area contributed by atoms with Crippen molar-refractivity contribution in [3.8, 4) is 0 Å². The molecule has 2 rings (SSSR count). The Morgan fingerprint density at radius 3 is 2.65 bits per heavy atom. The molecule has 4 nitrogen and oxygen atoms in total. The Labute approximate surface area is 104 Å². The van der Waals surface area contributed by atoms with Gasteiger partial charge in [-0.2, -0.15) is 0 Å². The van der Waals surface area contributed by atoms with Gasteiger partial charge >= 0.3 is 0 Å². The third-order valence-electron chi connectivity index (χ3n) is 3.93. The minimum absolute atomic E-state index is 0.0103. The van der Waals surface area contributed by atoms with Crippen molar-refractivity contribution in [1.82, 2.24) is 15.5 Å². The van der Waals surface area contributed by atoms with Crippen LogP contribution in [-0.2, 0) is 4.79 Å². The molecule has 1 amide bonds. The SMILES string of the molecule is CNCC1C(=O)NC(C)(C)CN1C1CCCC1. The van der Waals surface area contributed by atoms with Crippen molar-refractivity contribution < 1.29 is 4.79 Å². The summed E-state index contributed by atoms with van der Waals surface area (Å²) in [6.07, 6.45) is 5.14. The van der Waals surface area contributed by atoms with Crippen molar-refractivity contribution in [2.45, 2.75) is 57.2 Å². The van der Waals surface area contributed by atoms with E-state index in [0.29, 0.717) is 6.04 Å². The lowest BCUT2D eigenvalue weighted by Gasteiger charge is -2.46. The fourth-order valence-electron chi connectivity index (χ4n) is 3.20. The van der Waals surface area contributed by atoms with Crippen molar-refractivity contribution in [3.63, 3.8) is 0 Å². The predicted molar refractivity (Wildman–Crippen MR) is 68.9 cm³/mol. The zero-order valence-corrected chi connectivity index (χ0v) is 11.3. The Kier molecular flexibility index (Phi) is 3.73. The van der Waals surface area contributed by atoms with Crippen LogP contribution in [0.3, 0.4) is 0 Å². The number of hydrogen-bond donors (Lipinski definition) is 2. The van der Waals surface area contributed by atoms with Gasteiger partial charge in [0.1, 0.15) is 6.04 Å². The van der Waals surface area contributed by atoms with Crippen LogP contribution in [0.5, 0.6) is 0 Å². The minimum atomic E-state index is -0.0933. The van der Waals surface area contributed by atoms with E-state index in [0.717, 1.165) is 13.1 Å². The summed E-state index contributed by atoms with van der Waals surface area (Å²) in [7, 11) is 1.92. The summed E-state index contributed by atoms with van der Waals surface area (Å²) in [5, 5.41) is 6.27. The molecule has 1 saturated carbocycles. The number of amides is 1. The Hall–Kier alpha value is -0.610. The molecule has 0 bridgehead atoms. The van der Waals surface area contributed by atoms with Crippen LogP contribution >= 0.6 is 0 Å². The summed E-state index contributed by atoms with van der Waals surface area (Å²) in [6, 6.07) is 0.620. The maximum Gasteiger partial charge on any atom is 0.239 e. The Bertz CT molecular complexity index is 284. The average molecular weight is 239 g/mol. The van der Waals surface area contributed by atoms with Crippen molar-refractivity contribution in [3.05, 3.63) is 0 Å². The van der Waals surface area contributed by atoms with Gasteiger partial charge in [-0.3, -0.25) is 9.69 Å². The molecular formula is C13H25N3O. The molecule has 0 aromatic carbocycles. The van der Waals surface area contributed by atoms with Gasteiger partial charge in [0.15, 0.2) is 0 Å². The molecule has 1 saturated heterocycles. The molecule has 98 valence electrons. The first-order valence-electron chi connectivity index (χ1n) is 6.76. The van der Waals surface area contributed by atoms with Gasteiger partial charge < -0.3 is 10.6 Å². The van der Waals surface area contributed by atoms with Gasteiger partial charge in [0.05, 0.1) is 0 Å². The Morgan fingerprint density at radius 1 is 1.41 bits per heavy atom. The van der Waals surface area contributed by atoms with Crippen LogP contribution < -0.4 is 10.6 Å². The maximum atomic E-state index is 12.2. The van der Waals surface area contributed by atoms with Crippen LogP contribution in [0.1, 0.15) is 39.5 Å². The molecule has 2 N–H and O–H groups in total. The van der Waals surface area contributed by atoms with Crippen LogP contribution in [0, 0.1) is 0 Å². The van der Waals surface area contributed by atoms with E-state index in [1.165, 1.54) is 25.7 Å². The van der Waals surface area contributed by atoms with Crippen molar-refractivity contribution in [1.29, 1.82) is 0 Å². The van der Waals surface area contributed by atoms with Crippen molar-refractivity contribution in [2.24, 2.45) is 0 Å². The van der Waals surface area contributed by atoms with E-state index in [1.807, 2.05) is 7.05 Å². The number of nitrogens with one attached hydrogen (secondary N) is 2.